The summed E-state index contributed by atoms with van der Waals surface area (Å²) in [5.74, 6) is -0.168. The average molecular weight is 483 g/mol. The molecule has 1 atom stereocenters. The molecular formula is C29H18N6O2. The van der Waals surface area contributed by atoms with Crippen LogP contribution in [0.5, 0.6) is 0 Å². The Morgan fingerprint density at radius 2 is 1.59 bits per heavy atom. The van der Waals surface area contributed by atoms with Crippen LogP contribution < -0.4 is 5.01 Å². The highest BCUT2D eigenvalue weighted by Crippen LogP contribution is 2.47. The number of nitriles is 2. The van der Waals surface area contributed by atoms with E-state index in [1.165, 1.54) is 5.01 Å². The van der Waals surface area contributed by atoms with Crippen molar-refractivity contribution in [3.63, 3.8) is 0 Å². The van der Waals surface area contributed by atoms with E-state index >= 15 is 0 Å². The van der Waals surface area contributed by atoms with Gasteiger partial charge in [0.25, 0.3) is 0 Å². The smallest absolute Gasteiger partial charge is 0.247 e. The Balaban J connectivity index is 1.51. The first-order valence-electron chi connectivity index (χ1n) is 11.5. The highest BCUT2D eigenvalue weighted by atomic mass is 16.3. The van der Waals surface area contributed by atoms with Gasteiger partial charge in [0.1, 0.15) is 23.2 Å². The predicted octanol–water partition coefficient (Wildman–Crippen LogP) is 5.66. The first-order chi connectivity index (χ1) is 18.1. The maximum absolute atomic E-state index is 13.8. The zero-order chi connectivity index (χ0) is 25.4. The fourth-order valence-corrected chi connectivity index (χ4v) is 4.65. The number of H-pyrrole nitrogens is 1. The topological polar surface area (TPSA) is 122 Å². The molecule has 3 heterocycles. The largest absolute Gasteiger partial charge is 0.453 e. The Morgan fingerprint density at radius 1 is 0.919 bits per heavy atom. The summed E-state index contributed by atoms with van der Waals surface area (Å²) < 4.78 is 5.78. The van der Waals surface area contributed by atoms with E-state index in [0.29, 0.717) is 22.7 Å². The number of furan rings is 1. The molecule has 8 nitrogen and oxygen atoms in total. The molecule has 37 heavy (non-hydrogen) atoms. The number of ketones is 1. The van der Waals surface area contributed by atoms with E-state index in [0.717, 1.165) is 10.9 Å². The summed E-state index contributed by atoms with van der Waals surface area (Å²) in [6.45, 7) is 0. The number of para-hydroxylation sites is 1. The first-order valence-corrected chi connectivity index (χ1v) is 11.5. The zero-order valence-corrected chi connectivity index (χ0v) is 19.4. The van der Waals surface area contributed by atoms with Gasteiger partial charge in [-0.2, -0.15) is 20.7 Å². The van der Waals surface area contributed by atoms with Crippen molar-refractivity contribution in [2.24, 2.45) is 10.5 Å². The van der Waals surface area contributed by atoms with Crippen LogP contribution in [0.3, 0.4) is 0 Å². The number of nitrogens with one attached hydrogen (secondary N) is 1. The summed E-state index contributed by atoms with van der Waals surface area (Å²) in [6, 6.07) is 32.6. The number of hydrogen-bond acceptors (Lipinski definition) is 7. The van der Waals surface area contributed by atoms with Gasteiger partial charge in [-0.25, -0.2) is 5.01 Å². The highest BCUT2D eigenvalue weighted by Gasteiger charge is 2.57. The van der Waals surface area contributed by atoms with E-state index in [-0.39, 0.29) is 11.5 Å². The minimum Gasteiger partial charge on any atom is -0.453 e. The Hall–Kier alpha value is -5.47. The molecule has 176 valence electrons. The van der Waals surface area contributed by atoms with E-state index in [9.17, 15) is 15.3 Å². The van der Waals surface area contributed by atoms with Gasteiger partial charge < -0.3 is 4.42 Å². The Bertz CT molecular complexity index is 1690. The van der Waals surface area contributed by atoms with E-state index < -0.39 is 17.2 Å². The fourth-order valence-electron chi connectivity index (χ4n) is 4.65. The number of carbonyl (C=O) groups excluding carboxylic acids is 1. The second kappa shape index (κ2) is 8.63. The van der Waals surface area contributed by atoms with Gasteiger partial charge in [0.15, 0.2) is 5.76 Å². The normalized spacial score (nSPS) is 16.2. The Kier molecular flexibility index (Phi) is 5.14. The molecule has 1 aliphatic heterocycles. The van der Waals surface area contributed by atoms with Crippen LogP contribution in [-0.4, -0.2) is 21.7 Å². The summed E-state index contributed by atoms with van der Waals surface area (Å²) in [5, 5.41) is 35.0. The molecular weight excluding hydrogens is 464 g/mol. The molecule has 0 amide bonds. The van der Waals surface area contributed by atoms with Gasteiger partial charge in [-0.3, -0.25) is 9.89 Å². The van der Waals surface area contributed by atoms with Gasteiger partial charge in [-0.05, 0) is 17.7 Å². The Labute approximate surface area is 211 Å². The van der Waals surface area contributed by atoms with Crippen LogP contribution in [0.2, 0.25) is 0 Å². The van der Waals surface area contributed by atoms with E-state index in [2.05, 4.69) is 27.4 Å². The first kappa shape index (κ1) is 22.0. The quantitative estimate of drug-likeness (QED) is 0.323. The van der Waals surface area contributed by atoms with Crippen LogP contribution >= 0.6 is 0 Å². The number of hydrazone groups is 1. The molecule has 0 saturated carbocycles. The molecule has 8 heteroatoms. The fraction of sp³-hybridized carbons (Fsp3) is 0.0690. The molecule has 1 unspecified atom stereocenters. The van der Waals surface area contributed by atoms with Crippen molar-refractivity contribution in [3.8, 4) is 23.4 Å². The molecule has 3 aromatic carbocycles. The standard InChI is InChI=1S/C29H18N6O2/c30-17-29(18-31)27(26(36)24-15-21-13-7-8-14-23(21)37-24)34-35(28(29)20-11-5-2-6-12-20)25-16-22(32-33-25)19-9-3-1-4-10-19/h1-16,28H,(H,32,33). The third kappa shape index (κ3) is 3.48. The molecule has 0 fully saturated rings. The van der Waals surface area contributed by atoms with Crippen LogP contribution in [0.15, 0.2) is 107 Å². The van der Waals surface area contributed by atoms with Crippen LogP contribution in [0.4, 0.5) is 5.82 Å². The van der Waals surface area contributed by atoms with Gasteiger partial charge in [-0.15, -0.1) is 0 Å². The molecule has 0 radical (unpaired) electrons. The van der Waals surface area contributed by atoms with Gasteiger partial charge >= 0.3 is 0 Å². The van der Waals surface area contributed by atoms with Crippen molar-refractivity contribution in [3.05, 3.63) is 108 Å². The number of benzene rings is 3. The van der Waals surface area contributed by atoms with Crippen molar-refractivity contribution in [1.29, 1.82) is 10.5 Å². The lowest BCUT2D eigenvalue weighted by molar-refractivity contribution is 0.103. The van der Waals surface area contributed by atoms with Crippen LogP contribution in [0, 0.1) is 28.1 Å². The number of Topliss-reactive ketones (excluding diaryl/α,β-unsaturated/α-hetero) is 1. The van der Waals surface area contributed by atoms with Gasteiger partial charge in [-0.1, -0.05) is 78.9 Å². The van der Waals surface area contributed by atoms with E-state index in [1.807, 2.05) is 60.7 Å². The van der Waals surface area contributed by atoms with Crippen molar-refractivity contribution < 1.29 is 9.21 Å². The molecule has 0 spiro atoms. The maximum Gasteiger partial charge on any atom is 0.247 e. The van der Waals surface area contributed by atoms with Gasteiger partial charge in [0.2, 0.25) is 11.2 Å². The highest BCUT2D eigenvalue weighted by molar-refractivity contribution is 6.49. The van der Waals surface area contributed by atoms with Crippen molar-refractivity contribution in [1.82, 2.24) is 10.2 Å². The van der Waals surface area contributed by atoms with Crippen molar-refractivity contribution in [2.75, 3.05) is 5.01 Å². The average Bonchev–Trinajstić information content (AvgIpc) is 3.69. The zero-order valence-electron chi connectivity index (χ0n) is 19.4. The molecule has 0 bridgehead atoms. The lowest BCUT2D eigenvalue weighted by Gasteiger charge is -2.28. The van der Waals surface area contributed by atoms with Crippen LogP contribution in [0.25, 0.3) is 22.2 Å². The number of hydrogen-bond donors (Lipinski definition) is 1. The number of fused-ring (bicyclic) bond motifs is 1. The number of aromatic amines is 1. The lowest BCUT2D eigenvalue weighted by atomic mass is 9.74. The van der Waals surface area contributed by atoms with Crippen LogP contribution in [0.1, 0.15) is 22.2 Å². The van der Waals surface area contributed by atoms with Gasteiger partial charge in [0, 0.05) is 17.0 Å². The number of rotatable bonds is 5. The third-order valence-corrected chi connectivity index (χ3v) is 6.45. The lowest BCUT2D eigenvalue weighted by Crippen LogP contribution is -2.38. The minimum absolute atomic E-state index is 0.0121. The van der Waals surface area contributed by atoms with E-state index in [1.54, 1.807) is 36.4 Å². The third-order valence-electron chi connectivity index (χ3n) is 6.45. The van der Waals surface area contributed by atoms with Crippen molar-refractivity contribution >= 4 is 28.3 Å². The van der Waals surface area contributed by atoms with Crippen molar-refractivity contribution in [2.45, 2.75) is 6.04 Å². The maximum atomic E-state index is 13.8. The number of anilines is 1. The number of carbonyl (C=O) groups is 1. The second-order valence-electron chi connectivity index (χ2n) is 8.62. The molecule has 2 aromatic heterocycles. The summed E-state index contributed by atoms with van der Waals surface area (Å²) in [7, 11) is 0. The van der Waals surface area contributed by atoms with Gasteiger partial charge in [0.05, 0.1) is 17.8 Å². The number of nitrogens with zero attached hydrogens (tertiary/aromatic N) is 5. The monoisotopic (exact) mass is 482 g/mol. The minimum atomic E-state index is -1.91. The second-order valence-corrected chi connectivity index (χ2v) is 8.62. The summed E-state index contributed by atoms with van der Waals surface area (Å²) in [4.78, 5) is 13.8. The predicted molar refractivity (Wildman–Crippen MR) is 137 cm³/mol. The summed E-state index contributed by atoms with van der Waals surface area (Å²) in [6.07, 6.45) is 0. The Morgan fingerprint density at radius 3 is 2.30 bits per heavy atom. The number of aromatic nitrogens is 2. The molecule has 1 aliphatic rings. The molecule has 1 N–H and O–H groups in total. The molecule has 0 aliphatic carbocycles. The molecule has 5 aromatic rings. The molecule has 6 rings (SSSR count). The summed E-state index contributed by atoms with van der Waals surface area (Å²) in [5.41, 5.74) is 0.611. The SMILES string of the molecule is N#CC1(C#N)C(C(=O)c2cc3ccccc3o2)=NN(c2cc(-c3ccccc3)n[nH]2)C1c1ccccc1. The van der Waals surface area contributed by atoms with E-state index in [4.69, 9.17) is 4.42 Å². The molecule has 0 saturated heterocycles. The van der Waals surface area contributed by atoms with Crippen LogP contribution in [-0.2, 0) is 0 Å². The summed E-state index contributed by atoms with van der Waals surface area (Å²) >= 11 is 0.